The molecule has 1 amide bonds. The van der Waals surface area contributed by atoms with E-state index in [2.05, 4.69) is 10.2 Å². The average Bonchev–Trinajstić information content (AvgIpc) is 2.80. The number of hydrogen-bond acceptors (Lipinski definition) is 5. The van der Waals surface area contributed by atoms with Gasteiger partial charge in [-0.2, -0.15) is 0 Å². The first-order chi connectivity index (χ1) is 14.6. The molecule has 0 radical (unpaired) electrons. The van der Waals surface area contributed by atoms with Crippen molar-refractivity contribution in [2.75, 3.05) is 31.5 Å². The fourth-order valence-electron chi connectivity index (χ4n) is 3.85. The molecule has 2 unspecified atom stereocenters. The van der Waals surface area contributed by atoms with Gasteiger partial charge in [0.2, 0.25) is 0 Å². The number of para-hydroxylation sites is 1. The first-order valence-corrected chi connectivity index (χ1v) is 10.1. The van der Waals surface area contributed by atoms with Gasteiger partial charge in [0, 0.05) is 48.1 Å². The van der Waals surface area contributed by atoms with E-state index in [9.17, 15) is 14.9 Å². The van der Waals surface area contributed by atoms with Crippen molar-refractivity contribution in [3.8, 4) is 0 Å². The van der Waals surface area contributed by atoms with Gasteiger partial charge in [0.15, 0.2) is 0 Å². The highest BCUT2D eigenvalue weighted by molar-refractivity contribution is 5.94. The van der Waals surface area contributed by atoms with Crippen molar-refractivity contribution in [3.05, 3.63) is 100 Å². The molecule has 4 rings (SSSR count). The van der Waals surface area contributed by atoms with Crippen LogP contribution in [0.25, 0.3) is 0 Å². The summed E-state index contributed by atoms with van der Waals surface area (Å²) in [6.07, 6.45) is 5.40. The zero-order valence-corrected chi connectivity index (χ0v) is 16.6. The van der Waals surface area contributed by atoms with E-state index in [-0.39, 0.29) is 10.8 Å². The zero-order chi connectivity index (χ0) is 20.9. The monoisotopic (exact) mass is 404 g/mol. The second-order valence-electron chi connectivity index (χ2n) is 7.41. The van der Waals surface area contributed by atoms with Crippen LogP contribution in [0.4, 0.5) is 5.69 Å². The van der Waals surface area contributed by atoms with Gasteiger partial charge in [0.25, 0.3) is 11.9 Å². The third kappa shape index (κ3) is 4.35. The van der Waals surface area contributed by atoms with Crippen molar-refractivity contribution < 1.29 is 9.72 Å². The molecule has 154 valence electrons. The minimum Gasteiger partial charge on any atom is -0.372 e. The van der Waals surface area contributed by atoms with Crippen molar-refractivity contribution in [2.45, 2.75) is 12.1 Å². The van der Waals surface area contributed by atoms with Gasteiger partial charge < -0.3 is 15.1 Å². The van der Waals surface area contributed by atoms with E-state index < -0.39 is 12.1 Å². The summed E-state index contributed by atoms with van der Waals surface area (Å²) in [6, 6.07) is 17.5. The molecule has 1 heterocycles. The van der Waals surface area contributed by atoms with Gasteiger partial charge in [0.1, 0.15) is 6.04 Å². The number of allylic oxidation sites excluding steroid dienone is 1. The van der Waals surface area contributed by atoms with Crippen molar-refractivity contribution in [3.63, 3.8) is 0 Å². The predicted octanol–water partition coefficient (Wildman–Crippen LogP) is 3.02. The second kappa shape index (κ2) is 8.82. The van der Waals surface area contributed by atoms with Crippen molar-refractivity contribution in [2.24, 2.45) is 0 Å². The lowest BCUT2D eigenvalue weighted by atomic mass is 10.00. The Kier molecular flexibility index (Phi) is 5.79. The summed E-state index contributed by atoms with van der Waals surface area (Å²) in [5.74, 6) is 0.0421. The number of benzene rings is 2. The molecule has 1 fully saturated rings. The third-order valence-corrected chi connectivity index (χ3v) is 5.49. The molecule has 2 atom stereocenters. The lowest BCUT2D eigenvalue weighted by molar-refractivity contribution is -0.509. The molecular formula is C23H24N4O3. The Bertz CT molecular complexity index is 951. The van der Waals surface area contributed by atoms with Crippen LogP contribution < -0.4 is 5.32 Å². The first kappa shape index (κ1) is 19.7. The van der Waals surface area contributed by atoms with E-state index in [1.54, 1.807) is 6.08 Å². The molecule has 1 saturated heterocycles. The molecule has 1 N–H and O–H groups in total. The number of anilines is 1. The van der Waals surface area contributed by atoms with Crippen LogP contribution in [0.1, 0.15) is 10.4 Å². The smallest absolute Gasteiger partial charge is 0.255 e. The standard InChI is InChI=1S/C23H24N4O3/c28-23(18-7-3-1-4-8-18)26-15-13-25(14-16-26)20-11-12-22(27(29)30)21(17-20)24-19-9-5-2-6-10-19/h1-12,17,21-22,24H,13-16H2. The second-order valence-corrected chi connectivity index (χ2v) is 7.41. The summed E-state index contributed by atoms with van der Waals surface area (Å²) >= 11 is 0. The minimum absolute atomic E-state index is 0.0421. The van der Waals surface area contributed by atoms with Crippen LogP contribution in [0.15, 0.2) is 84.6 Å². The number of carbonyl (C=O) groups is 1. The highest BCUT2D eigenvalue weighted by atomic mass is 16.6. The Labute approximate surface area is 175 Å². The van der Waals surface area contributed by atoms with Crippen LogP contribution in [0.2, 0.25) is 0 Å². The van der Waals surface area contributed by atoms with Crippen LogP contribution in [0, 0.1) is 10.1 Å². The summed E-state index contributed by atoms with van der Waals surface area (Å²) in [4.78, 5) is 27.9. The predicted molar refractivity (Wildman–Crippen MR) is 116 cm³/mol. The Morgan fingerprint density at radius 2 is 1.60 bits per heavy atom. The molecule has 1 aliphatic carbocycles. The van der Waals surface area contributed by atoms with Crippen molar-refractivity contribution >= 4 is 11.6 Å². The quantitative estimate of drug-likeness (QED) is 0.612. The van der Waals surface area contributed by atoms with Gasteiger partial charge in [-0.05, 0) is 42.5 Å². The molecule has 0 saturated carbocycles. The number of carbonyl (C=O) groups excluding carboxylic acids is 1. The lowest BCUT2D eigenvalue weighted by Gasteiger charge is -2.38. The van der Waals surface area contributed by atoms with E-state index in [0.29, 0.717) is 31.7 Å². The van der Waals surface area contributed by atoms with E-state index in [1.165, 1.54) is 0 Å². The molecule has 2 aliphatic rings. The fourth-order valence-corrected chi connectivity index (χ4v) is 3.85. The number of rotatable bonds is 5. The Morgan fingerprint density at radius 3 is 2.23 bits per heavy atom. The topological polar surface area (TPSA) is 78.7 Å². The van der Waals surface area contributed by atoms with Gasteiger partial charge in [-0.15, -0.1) is 0 Å². The van der Waals surface area contributed by atoms with Gasteiger partial charge in [-0.1, -0.05) is 36.4 Å². The summed E-state index contributed by atoms with van der Waals surface area (Å²) in [5, 5.41) is 14.8. The average molecular weight is 404 g/mol. The maximum Gasteiger partial charge on any atom is 0.255 e. The minimum atomic E-state index is -0.824. The SMILES string of the molecule is O=C(c1ccccc1)N1CCN(C2=CC(Nc3ccccc3)C([N+](=O)[O-])C=C2)CC1. The molecule has 0 aromatic heterocycles. The van der Waals surface area contributed by atoms with Crippen molar-refractivity contribution in [1.29, 1.82) is 0 Å². The van der Waals surface area contributed by atoms with Crippen molar-refractivity contribution in [1.82, 2.24) is 9.80 Å². The molecule has 7 nitrogen and oxygen atoms in total. The number of nitrogens with zero attached hydrogens (tertiary/aromatic N) is 3. The van der Waals surface area contributed by atoms with Gasteiger partial charge >= 0.3 is 0 Å². The third-order valence-electron chi connectivity index (χ3n) is 5.49. The number of nitrogens with one attached hydrogen (secondary N) is 1. The van der Waals surface area contributed by atoms with Crippen LogP contribution in [0.5, 0.6) is 0 Å². The number of hydrogen-bond donors (Lipinski definition) is 1. The summed E-state index contributed by atoms with van der Waals surface area (Å²) in [5.41, 5.74) is 2.50. The number of amides is 1. The Morgan fingerprint density at radius 1 is 0.967 bits per heavy atom. The molecular weight excluding hydrogens is 380 g/mol. The molecule has 2 aromatic rings. The maximum atomic E-state index is 12.6. The van der Waals surface area contributed by atoms with Gasteiger partial charge in [-0.3, -0.25) is 14.9 Å². The highest BCUT2D eigenvalue weighted by Crippen LogP contribution is 2.22. The van der Waals surface area contributed by atoms with Crippen LogP contribution in [0.3, 0.4) is 0 Å². The van der Waals surface area contributed by atoms with E-state index in [4.69, 9.17) is 0 Å². The van der Waals surface area contributed by atoms with Crippen LogP contribution in [-0.4, -0.2) is 58.9 Å². The zero-order valence-electron chi connectivity index (χ0n) is 16.6. The summed E-state index contributed by atoms with van der Waals surface area (Å²) < 4.78 is 0. The normalized spacial score (nSPS) is 21.1. The Hall–Kier alpha value is -3.61. The number of piperazine rings is 1. The highest BCUT2D eigenvalue weighted by Gasteiger charge is 2.32. The lowest BCUT2D eigenvalue weighted by Crippen LogP contribution is -2.49. The molecule has 7 heteroatoms. The van der Waals surface area contributed by atoms with Gasteiger partial charge in [-0.25, -0.2) is 0 Å². The molecule has 30 heavy (non-hydrogen) atoms. The molecule has 2 aromatic carbocycles. The molecule has 1 aliphatic heterocycles. The number of nitro groups is 1. The fraction of sp³-hybridized carbons (Fsp3) is 0.261. The largest absolute Gasteiger partial charge is 0.372 e. The summed E-state index contributed by atoms with van der Waals surface area (Å²) in [6.45, 7) is 2.62. The first-order valence-electron chi connectivity index (χ1n) is 10.1. The van der Waals surface area contributed by atoms with Crippen LogP contribution >= 0.6 is 0 Å². The van der Waals surface area contributed by atoms with E-state index in [0.717, 1.165) is 11.4 Å². The summed E-state index contributed by atoms with van der Waals surface area (Å²) in [7, 11) is 0. The molecule has 0 spiro atoms. The van der Waals surface area contributed by atoms with E-state index in [1.807, 2.05) is 77.7 Å². The Balaban J connectivity index is 1.43. The van der Waals surface area contributed by atoms with Crippen LogP contribution in [-0.2, 0) is 0 Å². The van der Waals surface area contributed by atoms with Gasteiger partial charge in [0.05, 0.1) is 0 Å². The van der Waals surface area contributed by atoms with E-state index >= 15 is 0 Å². The molecule has 0 bridgehead atoms. The maximum absolute atomic E-state index is 12.6.